The summed E-state index contributed by atoms with van der Waals surface area (Å²) in [6.07, 6.45) is -33.9. The van der Waals surface area contributed by atoms with Crippen molar-refractivity contribution in [2.75, 3.05) is 134 Å². The van der Waals surface area contributed by atoms with Gasteiger partial charge in [0.05, 0.1) is 69.7 Å². The minimum Gasteiger partial charge on any atom is -0.396 e. The molecule has 2 amide bonds. The van der Waals surface area contributed by atoms with Crippen LogP contribution in [-0.2, 0) is 75.9 Å². The molecule has 50 heteroatoms. The average Bonchev–Trinajstić information content (AvgIpc) is 0.777. The van der Waals surface area contributed by atoms with Crippen molar-refractivity contribution in [1.29, 1.82) is 0 Å². The maximum Gasteiger partial charge on any atom is 0.225 e. The third-order valence-corrected chi connectivity index (χ3v) is 23.4. The molecule has 50 nitrogen and oxygen atoms in total. The van der Waals surface area contributed by atoms with E-state index in [1.165, 1.54) is 7.11 Å². The maximum atomic E-state index is 12.2. The van der Waals surface area contributed by atoms with Crippen LogP contribution in [0, 0.1) is 41.4 Å². The molecule has 9 aliphatic rings. The number of amides is 2. The van der Waals surface area contributed by atoms with Crippen LogP contribution in [0.25, 0.3) is 20.9 Å². The molecule has 42 atom stereocenters. The predicted octanol–water partition coefficient (Wildman–Crippen LogP) is -15.2. The Hall–Kier alpha value is -4.04. The van der Waals surface area contributed by atoms with Crippen LogP contribution in [0.5, 0.6) is 0 Å². The molecule has 678 valence electrons. The Bertz CT molecular complexity index is 3030. The molecule has 117 heavy (non-hydrogen) atoms. The van der Waals surface area contributed by atoms with Gasteiger partial charge in [-0.05, 0) is 51.5 Å². The van der Waals surface area contributed by atoms with Crippen molar-refractivity contribution in [3.63, 3.8) is 0 Å². The zero-order valence-electron chi connectivity index (χ0n) is 65.9. The fraction of sp³-hybridized carbons (Fsp3) is 0.970. The second-order valence-corrected chi connectivity index (χ2v) is 30.5. The van der Waals surface area contributed by atoms with Crippen LogP contribution in [0.3, 0.4) is 0 Å². The summed E-state index contributed by atoms with van der Waals surface area (Å²) in [5.41, 5.74) is 58.1. The zero-order chi connectivity index (χ0) is 86.4. The number of rotatable bonds is 33. The Balaban J connectivity index is 0.000000247. The van der Waals surface area contributed by atoms with E-state index in [0.29, 0.717) is 13.0 Å². The molecule has 6 heterocycles. The molecule has 0 spiro atoms. The lowest BCUT2D eigenvalue weighted by molar-refractivity contribution is -0.329. The van der Waals surface area contributed by atoms with Gasteiger partial charge in [0, 0.05) is 154 Å². The van der Waals surface area contributed by atoms with Crippen molar-refractivity contribution in [3.8, 4) is 0 Å². The van der Waals surface area contributed by atoms with Gasteiger partial charge in [0.1, 0.15) is 117 Å². The fourth-order valence-corrected chi connectivity index (χ4v) is 16.6. The molecular weight excluding hydrogens is 1570 g/mol. The smallest absolute Gasteiger partial charge is 0.225 e. The molecule has 0 bridgehead atoms. The third-order valence-electron chi connectivity index (χ3n) is 23.4. The first-order chi connectivity index (χ1) is 55.9. The van der Waals surface area contributed by atoms with Crippen LogP contribution in [0.2, 0.25) is 0 Å². The molecule has 3 saturated carbocycles. The van der Waals surface area contributed by atoms with Gasteiger partial charge in [0.15, 0.2) is 37.7 Å². The SMILES string of the molecule is CNC[C@H]1C(CO)[C@@H](O[C@H]2C(CO)[C@H](O[C@@H]3OC(CNC(=O)CN=[N+]=[N-])[C@@H](CO)C(CO)[C@@H]3OC)C(NC)C[C@H]2NC)OC[C@@H]1OC.NCC1O[C@H](O[C@@H]2C(N)C[C@@H](N)[C@@H](O[C@H]3OC[C@H](O)[C@@H](CN)C3O)C2O)[C@@H](O)C(O)[C@@H]1O.[N-]=[N+]=NCC(=O)NCC1O[C@H](O[C@@H]2C(N)C[C@@H](N)[C@@H](O[C@H]3OC[C@H](O)[C@@H](CN)C3O)C2O)[C@@H](O)C(O)[C@@H]1O. The Labute approximate surface area is 674 Å². The van der Waals surface area contributed by atoms with Gasteiger partial charge in [-0.25, -0.2) is 0 Å². The minimum atomic E-state index is -1.76. The molecule has 3 aliphatic carbocycles. The summed E-state index contributed by atoms with van der Waals surface area (Å²) < 4.78 is 81.9. The van der Waals surface area contributed by atoms with E-state index in [1.807, 2.05) is 14.1 Å². The number of likely N-dealkylation sites (N-methyl/N-ethyl adjacent to an activating group) is 2. The second-order valence-electron chi connectivity index (χ2n) is 30.5. The average molecular weight is 1700 g/mol. The van der Waals surface area contributed by atoms with E-state index in [4.69, 9.17) is 118 Å². The molecular formula is C67H128N18O32. The van der Waals surface area contributed by atoms with Gasteiger partial charge in [-0.2, -0.15) is 0 Å². The maximum absolute atomic E-state index is 12.2. The lowest BCUT2D eigenvalue weighted by Crippen LogP contribution is -2.67. The lowest BCUT2D eigenvalue weighted by Gasteiger charge is -2.51. The van der Waals surface area contributed by atoms with E-state index in [2.05, 4.69) is 46.6 Å². The largest absolute Gasteiger partial charge is 0.396 e. The highest BCUT2D eigenvalue weighted by Gasteiger charge is 2.57. The zero-order valence-corrected chi connectivity index (χ0v) is 65.9. The van der Waals surface area contributed by atoms with Crippen LogP contribution < -0.4 is 66.7 Å². The number of nitrogens with two attached hydrogens (primary N) is 7. The van der Waals surface area contributed by atoms with Gasteiger partial charge in [0.2, 0.25) is 11.8 Å². The van der Waals surface area contributed by atoms with Gasteiger partial charge >= 0.3 is 0 Å². The first kappa shape index (κ1) is 100. The Morgan fingerprint density at radius 1 is 0.402 bits per heavy atom. The van der Waals surface area contributed by atoms with Gasteiger partial charge in [-0.15, -0.1) is 0 Å². The molecule has 15 unspecified atom stereocenters. The van der Waals surface area contributed by atoms with Gasteiger partial charge in [-0.3, -0.25) is 9.59 Å². The van der Waals surface area contributed by atoms with E-state index in [-0.39, 0.29) is 116 Å². The Morgan fingerprint density at radius 3 is 1.19 bits per heavy atom. The predicted molar refractivity (Wildman–Crippen MR) is 397 cm³/mol. The summed E-state index contributed by atoms with van der Waals surface area (Å²) >= 11 is 0. The van der Waals surface area contributed by atoms with Crippen LogP contribution in [0.1, 0.15) is 19.3 Å². The van der Waals surface area contributed by atoms with E-state index in [9.17, 15) is 91.3 Å². The molecule has 0 aromatic carbocycles. The Kier molecular flexibility index (Phi) is 41.3. The number of aliphatic hydroxyl groups is 16. The number of nitrogens with zero attached hydrogens (tertiary/aromatic N) is 6. The molecule has 6 saturated heterocycles. The summed E-state index contributed by atoms with van der Waals surface area (Å²) in [6, 6.07) is -3.75. The van der Waals surface area contributed by atoms with Crippen molar-refractivity contribution in [2.45, 2.75) is 234 Å². The number of hydrogen-bond acceptors (Lipinski definition) is 44. The molecule has 9 rings (SSSR count). The summed E-state index contributed by atoms with van der Waals surface area (Å²) in [7, 11) is 8.50. The summed E-state index contributed by atoms with van der Waals surface area (Å²) in [4.78, 5) is 28.9. The molecule has 9 fully saturated rings. The highest BCUT2D eigenvalue weighted by Crippen LogP contribution is 2.41. The van der Waals surface area contributed by atoms with Crippen LogP contribution >= 0.6 is 0 Å². The summed E-state index contributed by atoms with van der Waals surface area (Å²) in [5, 5.41) is 187. The molecule has 0 radical (unpaired) electrons. The summed E-state index contributed by atoms with van der Waals surface area (Å²) in [6.45, 7) is -2.15. The highest BCUT2D eigenvalue weighted by atomic mass is 16.7. The van der Waals surface area contributed by atoms with Gasteiger partial charge in [-0.1, -0.05) is 10.2 Å². The number of azide groups is 2. The number of hydrogen-bond donors (Lipinski definition) is 28. The van der Waals surface area contributed by atoms with Crippen molar-refractivity contribution < 1.29 is 158 Å². The molecule has 0 aromatic rings. The number of carbonyl (C=O) groups is 2. The second kappa shape index (κ2) is 48.3. The monoisotopic (exact) mass is 1700 g/mol. The first-order valence-electron chi connectivity index (χ1n) is 39.0. The number of nitrogens with one attached hydrogen (secondary N) is 5. The van der Waals surface area contributed by atoms with E-state index < -0.39 is 257 Å². The van der Waals surface area contributed by atoms with Gasteiger partial charge in [0.25, 0.3) is 0 Å². The quantitative estimate of drug-likeness (QED) is 0.0165. The Morgan fingerprint density at radius 2 is 0.795 bits per heavy atom. The van der Waals surface area contributed by atoms with Crippen molar-refractivity contribution in [3.05, 3.63) is 20.9 Å². The van der Waals surface area contributed by atoms with Crippen molar-refractivity contribution in [1.82, 2.24) is 26.6 Å². The van der Waals surface area contributed by atoms with E-state index in [1.54, 1.807) is 14.2 Å². The van der Waals surface area contributed by atoms with Crippen LogP contribution in [-0.4, -0.2) is 442 Å². The normalized spacial score (nSPS) is 45.0. The molecule has 0 aromatic heterocycles. The first-order valence-corrected chi connectivity index (χ1v) is 39.0. The number of aliphatic hydroxyl groups excluding tert-OH is 16. The van der Waals surface area contributed by atoms with Crippen LogP contribution in [0.15, 0.2) is 10.2 Å². The number of ether oxygens (including phenoxy) is 14. The van der Waals surface area contributed by atoms with E-state index in [0.717, 1.165) is 0 Å². The number of methoxy groups -OCH3 is 2. The van der Waals surface area contributed by atoms with Crippen LogP contribution in [0.4, 0.5) is 0 Å². The van der Waals surface area contributed by atoms with Crippen molar-refractivity contribution >= 4 is 11.8 Å². The standard InChI is InChI=1S/C29H55N7O11.C20H37N7O11.C18H36N4O10/c1-31-7-15-18(12-39)28(44-14-23(15)42-4)46-25-19(13-40)26(21(33-3)6-20(25)32-2)47-29-27(43-5)17(11-38)16(10-37)22(45-29)8-34-24(41)9-35-36-30;21-2-6-9(28)5-35-19(12(6)30)37-17-7(22)1-8(23)18(16(17)34)38-20-15(33)14(32)13(31)10(36-20)3-25-11(29)4-26-27-24;19-2-5-8(23)4-29-17(10(5)24)31-15-6(21)1-7(22)16(14(15)28)32-18-13(27)12(26)11(25)9(3-20)30-18/h15-23,25-29,31-33,37-40H,6-14H2,1-5H3,(H,34,41);6-10,12-20,28,30-34H,1-5,21-23H2,(H,25,29);5-18,23-28H,1-4,19-22H2/t15-,16-,17?,18?,19?,20+,21?,22?,23-,25-,26-,27-,28+,29-;6-,7-,8?,9+,10?,12?,13-,14?,15+,16?,17-,18-,19-,20-;5-,6-,7?,8+,9?,10?,11-,12?,13+,14?,15-,16-,17-,18-/m011/s1. The third kappa shape index (κ3) is 24.7. The number of carbonyl (C=O) groups excluding carboxylic acids is 2. The van der Waals surface area contributed by atoms with E-state index >= 15 is 0 Å². The topological polar surface area (TPSA) is 827 Å². The molecule has 35 N–H and O–H groups in total. The van der Waals surface area contributed by atoms with Gasteiger partial charge < -0.3 is 215 Å². The fourth-order valence-electron chi connectivity index (χ4n) is 16.6. The van der Waals surface area contributed by atoms with Crippen molar-refractivity contribution in [2.24, 2.45) is 91.8 Å². The highest BCUT2D eigenvalue weighted by molar-refractivity contribution is 5.78. The molecule has 6 aliphatic heterocycles. The summed E-state index contributed by atoms with van der Waals surface area (Å²) in [5.74, 6) is -4.98. The lowest BCUT2D eigenvalue weighted by atomic mass is 9.77. The minimum absolute atomic E-state index is 0.00513.